The summed E-state index contributed by atoms with van der Waals surface area (Å²) in [5.74, 6) is 1.52. The van der Waals surface area contributed by atoms with Gasteiger partial charge in [-0.3, -0.25) is 0 Å². The zero-order valence-corrected chi connectivity index (χ0v) is 11.2. The summed E-state index contributed by atoms with van der Waals surface area (Å²) in [6.07, 6.45) is 0. The topological polar surface area (TPSA) is 57.4 Å². The third-order valence-electron chi connectivity index (χ3n) is 3.05. The highest BCUT2D eigenvalue weighted by molar-refractivity contribution is 5.94. The van der Waals surface area contributed by atoms with E-state index < -0.39 is 0 Å². The van der Waals surface area contributed by atoms with Crippen molar-refractivity contribution in [2.24, 2.45) is 5.73 Å². The van der Waals surface area contributed by atoms with Crippen LogP contribution in [0.25, 0.3) is 10.9 Å². The molecule has 1 aromatic heterocycles. The van der Waals surface area contributed by atoms with Gasteiger partial charge in [0.15, 0.2) is 0 Å². The minimum Gasteiger partial charge on any atom is -0.496 e. The van der Waals surface area contributed by atoms with Gasteiger partial charge in [0.25, 0.3) is 0 Å². The van der Waals surface area contributed by atoms with Gasteiger partial charge in [-0.1, -0.05) is 0 Å². The second kappa shape index (κ2) is 4.82. The summed E-state index contributed by atoms with van der Waals surface area (Å²) in [6, 6.07) is 3.93. The number of aryl methyl sites for hydroxylation is 2. The minimum atomic E-state index is 0.406. The molecule has 18 heavy (non-hydrogen) atoms. The Morgan fingerprint density at radius 3 is 2.44 bits per heavy atom. The fourth-order valence-corrected chi connectivity index (χ4v) is 2.29. The Morgan fingerprint density at radius 2 is 1.89 bits per heavy atom. The molecule has 0 atom stereocenters. The van der Waals surface area contributed by atoms with Crippen molar-refractivity contribution in [3.8, 4) is 11.5 Å². The standard InChI is InChI=1S/C14H18N2O2/c1-8-5-9(2)16-13-11(17-3)6-10(7-15)14(18-4)12(8)13/h5-6H,7,15H2,1-4H3. The highest BCUT2D eigenvalue weighted by Crippen LogP contribution is 2.37. The molecule has 0 saturated carbocycles. The Morgan fingerprint density at radius 1 is 1.17 bits per heavy atom. The molecule has 4 nitrogen and oxygen atoms in total. The van der Waals surface area contributed by atoms with Gasteiger partial charge in [0.05, 0.1) is 14.2 Å². The lowest BCUT2D eigenvalue weighted by Crippen LogP contribution is -2.03. The fourth-order valence-electron chi connectivity index (χ4n) is 2.29. The number of benzene rings is 1. The largest absolute Gasteiger partial charge is 0.496 e. The van der Waals surface area contributed by atoms with E-state index in [1.807, 2.05) is 26.0 Å². The summed E-state index contributed by atoms with van der Waals surface area (Å²) in [5, 5.41) is 0.975. The van der Waals surface area contributed by atoms with Gasteiger partial charge in [-0.15, -0.1) is 0 Å². The average molecular weight is 246 g/mol. The van der Waals surface area contributed by atoms with Crippen molar-refractivity contribution in [1.82, 2.24) is 4.98 Å². The van der Waals surface area contributed by atoms with Gasteiger partial charge in [-0.25, -0.2) is 4.98 Å². The van der Waals surface area contributed by atoms with Crippen LogP contribution in [0, 0.1) is 13.8 Å². The number of ether oxygens (including phenoxy) is 2. The molecule has 0 spiro atoms. The number of hydrogen-bond acceptors (Lipinski definition) is 4. The van der Waals surface area contributed by atoms with E-state index in [0.717, 1.165) is 39.2 Å². The lowest BCUT2D eigenvalue weighted by atomic mass is 10.0. The van der Waals surface area contributed by atoms with E-state index in [1.54, 1.807) is 14.2 Å². The summed E-state index contributed by atoms with van der Waals surface area (Å²) in [5.41, 5.74) is 9.59. The monoisotopic (exact) mass is 246 g/mol. The summed E-state index contributed by atoms with van der Waals surface area (Å²) >= 11 is 0. The first kappa shape index (κ1) is 12.6. The van der Waals surface area contributed by atoms with Gasteiger partial charge in [0.1, 0.15) is 17.0 Å². The number of rotatable bonds is 3. The fraction of sp³-hybridized carbons (Fsp3) is 0.357. The van der Waals surface area contributed by atoms with Crippen molar-refractivity contribution >= 4 is 10.9 Å². The summed E-state index contributed by atoms with van der Waals surface area (Å²) in [6.45, 7) is 4.41. The predicted octanol–water partition coefficient (Wildman–Crippen LogP) is 2.33. The Balaban J connectivity index is 2.95. The molecule has 0 unspecified atom stereocenters. The number of nitrogens with zero attached hydrogens (tertiary/aromatic N) is 1. The first-order chi connectivity index (χ1) is 8.62. The van der Waals surface area contributed by atoms with Crippen molar-refractivity contribution in [3.63, 3.8) is 0 Å². The van der Waals surface area contributed by atoms with Gasteiger partial charge < -0.3 is 15.2 Å². The second-order valence-electron chi connectivity index (χ2n) is 4.28. The quantitative estimate of drug-likeness (QED) is 0.903. The van der Waals surface area contributed by atoms with Crippen LogP contribution < -0.4 is 15.2 Å². The van der Waals surface area contributed by atoms with Crippen LogP contribution in [0.3, 0.4) is 0 Å². The van der Waals surface area contributed by atoms with Crippen LogP contribution in [0.15, 0.2) is 12.1 Å². The minimum absolute atomic E-state index is 0.406. The molecule has 2 N–H and O–H groups in total. The number of methoxy groups -OCH3 is 2. The number of pyridine rings is 1. The molecule has 0 aliphatic heterocycles. The lowest BCUT2D eigenvalue weighted by Gasteiger charge is -2.15. The van der Waals surface area contributed by atoms with Crippen molar-refractivity contribution < 1.29 is 9.47 Å². The number of fused-ring (bicyclic) bond motifs is 1. The van der Waals surface area contributed by atoms with Crippen LogP contribution in [0.2, 0.25) is 0 Å². The third kappa shape index (κ3) is 1.88. The number of aromatic nitrogens is 1. The summed E-state index contributed by atoms with van der Waals surface area (Å²) < 4.78 is 10.9. The van der Waals surface area contributed by atoms with E-state index in [0.29, 0.717) is 6.54 Å². The van der Waals surface area contributed by atoms with Gasteiger partial charge in [-0.2, -0.15) is 0 Å². The predicted molar refractivity (Wildman–Crippen MR) is 72.2 cm³/mol. The smallest absolute Gasteiger partial charge is 0.145 e. The highest BCUT2D eigenvalue weighted by Gasteiger charge is 2.16. The van der Waals surface area contributed by atoms with Crippen molar-refractivity contribution in [2.45, 2.75) is 20.4 Å². The van der Waals surface area contributed by atoms with E-state index in [4.69, 9.17) is 15.2 Å². The molecular weight excluding hydrogens is 228 g/mol. The van der Waals surface area contributed by atoms with E-state index in [-0.39, 0.29) is 0 Å². The van der Waals surface area contributed by atoms with Crippen LogP contribution in [0.4, 0.5) is 0 Å². The number of nitrogens with two attached hydrogens (primary N) is 1. The van der Waals surface area contributed by atoms with E-state index >= 15 is 0 Å². The molecule has 1 aromatic carbocycles. The molecule has 1 heterocycles. The van der Waals surface area contributed by atoms with Crippen LogP contribution in [-0.2, 0) is 6.54 Å². The van der Waals surface area contributed by atoms with Crippen molar-refractivity contribution in [3.05, 3.63) is 29.0 Å². The maximum Gasteiger partial charge on any atom is 0.145 e. The summed E-state index contributed by atoms with van der Waals surface area (Å²) in [7, 11) is 3.29. The van der Waals surface area contributed by atoms with E-state index in [9.17, 15) is 0 Å². The Labute approximate surface area is 107 Å². The zero-order chi connectivity index (χ0) is 13.3. The Hall–Kier alpha value is -1.81. The maximum atomic E-state index is 5.76. The SMILES string of the molecule is COc1cc(CN)c(OC)c2c(C)cc(C)nc12. The highest BCUT2D eigenvalue weighted by atomic mass is 16.5. The molecule has 2 rings (SSSR count). The third-order valence-corrected chi connectivity index (χ3v) is 3.05. The molecule has 0 bridgehead atoms. The van der Waals surface area contributed by atoms with Crippen molar-refractivity contribution in [1.29, 1.82) is 0 Å². The van der Waals surface area contributed by atoms with Crippen LogP contribution in [-0.4, -0.2) is 19.2 Å². The molecule has 2 aromatic rings. The Kier molecular flexibility index (Phi) is 3.39. The molecule has 96 valence electrons. The first-order valence-electron chi connectivity index (χ1n) is 5.84. The van der Waals surface area contributed by atoms with E-state index in [1.165, 1.54) is 0 Å². The molecule has 0 amide bonds. The lowest BCUT2D eigenvalue weighted by molar-refractivity contribution is 0.405. The molecule has 0 radical (unpaired) electrons. The second-order valence-corrected chi connectivity index (χ2v) is 4.28. The zero-order valence-electron chi connectivity index (χ0n) is 11.2. The maximum absolute atomic E-state index is 5.76. The first-order valence-corrected chi connectivity index (χ1v) is 5.84. The van der Waals surface area contributed by atoms with Gasteiger partial charge >= 0.3 is 0 Å². The molecular formula is C14H18N2O2. The normalized spacial score (nSPS) is 10.7. The molecule has 0 aliphatic carbocycles. The Bertz CT molecular complexity index is 594. The molecule has 0 aliphatic rings. The van der Waals surface area contributed by atoms with Gasteiger partial charge in [0.2, 0.25) is 0 Å². The van der Waals surface area contributed by atoms with Crippen molar-refractivity contribution in [2.75, 3.05) is 14.2 Å². The van der Waals surface area contributed by atoms with Crippen LogP contribution in [0.5, 0.6) is 11.5 Å². The van der Waals surface area contributed by atoms with Crippen LogP contribution in [0.1, 0.15) is 16.8 Å². The number of hydrogen-bond donors (Lipinski definition) is 1. The van der Waals surface area contributed by atoms with Gasteiger partial charge in [-0.05, 0) is 31.5 Å². The molecule has 0 saturated heterocycles. The molecule has 4 heteroatoms. The van der Waals surface area contributed by atoms with E-state index in [2.05, 4.69) is 4.98 Å². The molecule has 0 fully saturated rings. The van der Waals surface area contributed by atoms with Crippen LogP contribution >= 0.6 is 0 Å². The summed E-state index contributed by atoms with van der Waals surface area (Å²) in [4.78, 5) is 4.55. The van der Waals surface area contributed by atoms with Gasteiger partial charge in [0, 0.05) is 23.2 Å². The average Bonchev–Trinajstić information content (AvgIpc) is 2.36.